The van der Waals surface area contributed by atoms with Gasteiger partial charge < -0.3 is 4.90 Å². The van der Waals surface area contributed by atoms with Crippen LogP contribution in [0, 0.1) is 0 Å². The van der Waals surface area contributed by atoms with Crippen molar-refractivity contribution in [1.29, 1.82) is 0 Å². The lowest BCUT2D eigenvalue weighted by Crippen LogP contribution is -2.45. The third kappa shape index (κ3) is 3.48. The molecule has 0 bridgehead atoms. The first kappa shape index (κ1) is 18.5. The zero-order valence-corrected chi connectivity index (χ0v) is 14.8. The Hall–Kier alpha value is -2.30. The van der Waals surface area contributed by atoms with Gasteiger partial charge in [-0.1, -0.05) is 62.6 Å². The lowest BCUT2D eigenvalue weighted by Gasteiger charge is -2.39. The molecular formula is C21H23F3N2. The van der Waals surface area contributed by atoms with Crippen LogP contribution in [-0.4, -0.2) is 16.9 Å². The van der Waals surface area contributed by atoms with Crippen molar-refractivity contribution in [3.05, 3.63) is 72.1 Å². The Morgan fingerprint density at radius 3 is 2.50 bits per heavy atom. The molecule has 2 nitrogen and oxygen atoms in total. The molecule has 26 heavy (non-hydrogen) atoms. The van der Waals surface area contributed by atoms with E-state index in [-0.39, 0.29) is 5.56 Å². The van der Waals surface area contributed by atoms with Crippen molar-refractivity contribution in [3.63, 3.8) is 0 Å². The van der Waals surface area contributed by atoms with Crippen molar-refractivity contribution in [2.75, 3.05) is 0 Å². The Labute approximate surface area is 152 Å². The number of aliphatic imine (C=N–C) groups is 1. The summed E-state index contributed by atoms with van der Waals surface area (Å²) in [4.78, 5) is 5.95. The summed E-state index contributed by atoms with van der Waals surface area (Å²) in [5.74, 6) is 0.335. The third-order valence-electron chi connectivity index (χ3n) is 4.75. The largest absolute Gasteiger partial charge is 0.421 e. The molecule has 138 valence electrons. The van der Waals surface area contributed by atoms with Crippen LogP contribution in [0.25, 0.3) is 0 Å². The van der Waals surface area contributed by atoms with Gasteiger partial charge in [0.1, 0.15) is 5.84 Å². The molecule has 1 atom stereocenters. The minimum atomic E-state index is -4.52. The predicted octanol–water partition coefficient (Wildman–Crippen LogP) is 6.10. The van der Waals surface area contributed by atoms with E-state index in [2.05, 4.69) is 11.9 Å². The number of unbranched alkanes of at least 4 members (excludes halogenated alkanes) is 3. The lowest BCUT2D eigenvalue weighted by atomic mass is 9.86. The summed E-state index contributed by atoms with van der Waals surface area (Å²) in [7, 11) is 0. The highest BCUT2D eigenvalue weighted by atomic mass is 19.4. The maximum absolute atomic E-state index is 14.2. The first-order valence-corrected chi connectivity index (χ1v) is 9.06. The number of alkyl halides is 3. The molecule has 2 aliphatic heterocycles. The van der Waals surface area contributed by atoms with Crippen molar-refractivity contribution >= 4 is 5.84 Å². The fourth-order valence-corrected chi connectivity index (χ4v) is 3.37. The van der Waals surface area contributed by atoms with Gasteiger partial charge in [-0.25, -0.2) is 4.99 Å². The van der Waals surface area contributed by atoms with E-state index < -0.39 is 11.7 Å². The number of rotatable bonds is 6. The zero-order chi connectivity index (χ0) is 18.6. The third-order valence-corrected chi connectivity index (χ3v) is 4.75. The fourth-order valence-electron chi connectivity index (χ4n) is 3.37. The molecule has 2 heterocycles. The molecule has 0 aromatic heterocycles. The van der Waals surface area contributed by atoms with Gasteiger partial charge in [-0.15, -0.1) is 0 Å². The van der Waals surface area contributed by atoms with Crippen molar-refractivity contribution in [1.82, 2.24) is 4.90 Å². The van der Waals surface area contributed by atoms with Crippen LogP contribution < -0.4 is 0 Å². The molecule has 1 aromatic carbocycles. The van der Waals surface area contributed by atoms with Crippen LogP contribution in [0.4, 0.5) is 13.2 Å². The molecular weight excluding hydrogens is 337 g/mol. The Kier molecular flexibility index (Phi) is 5.35. The molecule has 2 aliphatic rings. The predicted molar refractivity (Wildman–Crippen MR) is 98.6 cm³/mol. The fraction of sp³-hybridized carbons (Fsp3) is 0.381. The zero-order valence-electron chi connectivity index (χ0n) is 14.8. The van der Waals surface area contributed by atoms with Gasteiger partial charge in [0.05, 0.1) is 0 Å². The highest BCUT2D eigenvalue weighted by molar-refractivity contribution is 5.97. The quantitative estimate of drug-likeness (QED) is 0.560. The summed E-state index contributed by atoms with van der Waals surface area (Å²) in [6.07, 6.45) is 8.42. The van der Waals surface area contributed by atoms with Gasteiger partial charge in [0.25, 0.3) is 0 Å². The van der Waals surface area contributed by atoms with Crippen LogP contribution in [0.2, 0.25) is 0 Å². The summed E-state index contributed by atoms with van der Waals surface area (Å²) < 4.78 is 42.7. The van der Waals surface area contributed by atoms with Crippen LogP contribution >= 0.6 is 0 Å². The van der Waals surface area contributed by atoms with Gasteiger partial charge in [0.2, 0.25) is 5.54 Å². The number of hydrogen-bond acceptors (Lipinski definition) is 2. The van der Waals surface area contributed by atoms with Gasteiger partial charge >= 0.3 is 6.18 Å². The molecule has 0 fully saturated rings. The Morgan fingerprint density at radius 1 is 1.04 bits per heavy atom. The maximum atomic E-state index is 14.2. The first-order valence-electron chi connectivity index (χ1n) is 9.06. The second kappa shape index (κ2) is 7.52. The summed E-state index contributed by atoms with van der Waals surface area (Å²) in [5, 5.41) is 0. The molecule has 1 aromatic rings. The molecule has 0 amide bonds. The minimum absolute atomic E-state index is 0.147. The molecule has 0 spiro atoms. The number of halogens is 3. The summed E-state index contributed by atoms with van der Waals surface area (Å²) in [6, 6.07) is 7.97. The molecule has 0 N–H and O–H groups in total. The molecule has 0 radical (unpaired) electrons. The van der Waals surface area contributed by atoms with Gasteiger partial charge in [-0.2, -0.15) is 13.2 Å². The number of nitrogens with zero attached hydrogens (tertiary/aromatic N) is 2. The van der Waals surface area contributed by atoms with Crippen LogP contribution in [0.1, 0.15) is 44.6 Å². The SMILES string of the molecule is CCCCCCC1=CC(c2ccccc2)(C(F)(F)F)N=C2C=CC=CN12. The number of fused-ring (bicyclic) bond motifs is 1. The standard InChI is InChI=1S/C21H23F3N2/c1-2-3-4-8-13-18-16-20(21(22,23)24,17-11-6-5-7-12-17)25-19-14-9-10-15-26(18)19/h5-7,9-12,14-16H,2-4,8,13H2,1H3. The van der Waals surface area contributed by atoms with Gasteiger partial charge in [0.15, 0.2) is 0 Å². The summed E-state index contributed by atoms with van der Waals surface area (Å²) in [6.45, 7) is 2.12. The van der Waals surface area contributed by atoms with Crippen molar-refractivity contribution < 1.29 is 13.2 Å². The second-order valence-corrected chi connectivity index (χ2v) is 6.62. The van der Waals surface area contributed by atoms with E-state index in [1.165, 1.54) is 18.2 Å². The Balaban J connectivity index is 2.06. The van der Waals surface area contributed by atoms with E-state index in [0.717, 1.165) is 25.7 Å². The number of amidine groups is 1. The van der Waals surface area contributed by atoms with Crippen molar-refractivity contribution in [2.45, 2.75) is 50.7 Å². The second-order valence-electron chi connectivity index (χ2n) is 6.62. The number of hydrogen-bond donors (Lipinski definition) is 0. The van der Waals surface area contributed by atoms with Gasteiger partial charge in [-0.3, -0.25) is 0 Å². The molecule has 0 aliphatic carbocycles. The van der Waals surface area contributed by atoms with E-state index in [1.54, 1.807) is 41.5 Å². The molecule has 0 saturated heterocycles. The maximum Gasteiger partial charge on any atom is 0.421 e. The van der Waals surface area contributed by atoms with E-state index >= 15 is 0 Å². The lowest BCUT2D eigenvalue weighted by molar-refractivity contribution is -0.174. The van der Waals surface area contributed by atoms with Crippen LogP contribution in [0.3, 0.4) is 0 Å². The van der Waals surface area contributed by atoms with E-state index in [1.807, 2.05) is 6.08 Å². The van der Waals surface area contributed by atoms with Crippen LogP contribution in [0.5, 0.6) is 0 Å². The van der Waals surface area contributed by atoms with Crippen LogP contribution in [0.15, 0.2) is 71.5 Å². The van der Waals surface area contributed by atoms with Crippen LogP contribution in [-0.2, 0) is 5.54 Å². The average Bonchev–Trinajstić information content (AvgIpc) is 2.64. The Morgan fingerprint density at radius 2 is 1.81 bits per heavy atom. The number of allylic oxidation sites excluding steroid dienone is 3. The minimum Gasteiger partial charge on any atom is -0.306 e. The normalized spacial score (nSPS) is 22.1. The monoisotopic (exact) mass is 360 g/mol. The molecule has 0 saturated carbocycles. The molecule has 1 unspecified atom stereocenters. The highest BCUT2D eigenvalue weighted by Gasteiger charge is 2.57. The Bertz CT molecular complexity index is 744. The average molecular weight is 360 g/mol. The van der Waals surface area contributed by atoms with E-state index in [0.29, 0.717) is 18.0 Å². The topological polar surface area (TPSA) is 15.6 Å². The van der Waals surface area contributed by atoms with Gasteiger partial charge in [-0.05, 0) is 36.6 Å². The smallest absolute Gasteiger partial charge is 0.306 e. The molecule has 5 heteroatoms. The summed E-state index contributed by atoms with van der Waals surface area (Å²) >= 11 is 0. The van der Waals surface area contributed by atoms with Crippen molar-refractivity contribution in [2.24, 2.45) is 4.99 Å². The van der Waals surface area contributed by atoms with Gasteiger partial charge in [0, 0.05) is 11.9 Å². The summed E-state index contributed by atoms with van der Waals surface area (Å²) in [5.41, 5.74) is -1.53. The highest BCUT2D eigenvalue weighted by Crippen LogP contribution is 2.47. The molecule has 3 rings (SSSR count). The van der Waals surface area contributed by atoms with E-state index in [9.17, 15) is 13.2 Å². The number of benzene rings is 1. The van der Waals surface area contributed by atoms with Crippen molar-refractivity contribution in [3.8, 4) is 0 Å². The van der Waals surface area contributed by atoms with E-state index in [4.69, 9.17) is 0 Å². The first-order chi connectivity index (χ1) is 12.5.